The van der Waals surface area contributed by atoms with Crippen LogP contribution >= 0.6 is 25.3 Å². The number of thiol groups is 2. The van der Waals surface area contributed by atoms with E-state index in [2.05, 4.69) is 92.7 Å². The van der Waals surface area contributed by atoms with Gasteiger partial charge in [0.1, 0.15) is 48.3 Å². The molecule has 0 aliphatic heterocycles. The van der Waals surface area contributed by atoms with Crippen LogP contribution in [-0.2, 0) is 65.6 Å². The highest BCUT2D eigenvalue weighted by Gasteiger charge is 2.35. The number of primary amides is 1. The van der Waals surface area contributed by atoms with Crippen LogP contribution in [0.15, 0.2) is 30.0 Å². The molecule has 0 saturated carbocycles. The van der Waals surface area contributed by atoms with Gasteiger partial charge in [0.25, 0.3) is 0 Å². The molecule has 76 heavy (non-hydrogen) atoms. The van der Waals surface area contributed by atoms with Crippen molar-refractivity contribution in [3.8, 4) is 0 Å². The van der Waals surface area contributed by atoms with Crippen LogP contribution < -0.4 is 65.5 Å². The zero-order valence-corrected chi connectivity index (χ0v) is 43.4. The number of aliphatic carboxylic acids is 2. The maximum Gasteiger partial charge on any atom is 0.326 e. The fourth-order valence-electron chi connectivity index (χ4n) is 6.86. The number of hydrogen-bond donors (Lipinski definition) is 19. The van der Waals surface area contributed by atoms with E-state index in [1.165, 1.54) is 25.0 Å². The normalized spacial score (nSPS) is 14.6. The zero-order valence-electron chi connectivity index (χ0n) is 41.7. The number of aromatic amines is 2. The van der Waals surface area contributed by atoms with Crippen molar-refractivity contribution in [1.82, 2.24) is 62.5 Å². The van der Waals surface area contributed by atoms with Crippen molar-refractivity contribution in [3.63, 3.8) is 0 Å². The highest BCUT2D eigenvalue weighted by molar-refractivity contribution is 7.80. The van der Waals surface area contributed by atoms with Crippen LogP contribution in [0.25, 0.3) is 0 Å². The summed E-state index contributed by atoms with van der Waals surface area (Å²) in [4.78, 5) is 161. The van der Waals surface area contributed by atoms with E-state index in [9.17, 15) is 63.0 Å². The molecule has 0 aliphatic rings. The van der Waals surface area contributed by atoms with E-state index < -0.39 is 158 Å². The van der Waals surface area contributed by atoms with Crippen LogP contribution in [-0.4, -0.2) is 185 Å². The van der Waals surface area contributed by atoms with Crippen LogP contribution in [0.3, 0.4) is 0 Å². The first-order chi connectivity index (χ1) is 35.9. The Hall–Kier alpha value is -7.52. The molecule has 33 heteroatoms. The number of aromatic nitrogens is 4. The number of nitrogens with one attached hydrogen (secondary N) is 10. The molecule has 0 aromatic carbocycles. The van der Waals surface area contributed by atoms with Crippen molar-refractivity contribution in [2.24, 2.45) is 33.8 Å². The van der Waals surface area contributed by atoms with Crippen molar-refractivity contribution in [2.45, 2.75) is 126 Å². The van der Waals surface area contributed by atoms with Crippen molar-refractivity contribution in [3.05, 3.63) is 36.4 Å². The Kier molecular flexibility index (Phi) is 28.4. The van der Waals surface area contributed by atoms with E-state index in [0.717, 1.165) is 0 Å². The van der Waals surface area contributed by atoms with Crippen molar-refractivity contribution >= 4 is 96.3 Å². The number of hydrogen-bond acceptors (Lipinski definition) is 18. The van der Waals surface area contributed by atoms with Crippen LogP contribution in [0.5, 0.6) is 0 Å². The summed E-state index contributed by atoms with van der Waals surface area (Å²) in [5, 5.41) is 48.2. The van der Waals surface area contributed by atoms with E-state index in [0.29, 0.717) is 5.69 Å². The summed E-state index contributed by atoms with van der Waals surface area (Å²) in [7, 11) is 0. The molecule has 2 heterocycles. The molecule has 0 spiro atoms. The summed E-state index contributed by atoms with van der Waals surface area (Å²) in [6.07, 6.45) is 2.83. The number of aliphatic imine (C=N–C) groups is 1. The molecule has 9 atom stereocenters. The van der Waals surface area contributed by atoms with Gasteiger partial charge in [0, 0.05) is 67.5 Å². The smallest absolute Gasteiger partial charge is 0.326 e. The lowest BCUT2D eigenvalue weighted by Gasteiger charge is -2.28. The lowest BCUT2D eigenvalue weighted by molar-refractivity contribution is -0.143. The first kappa shape index (κ1) is 64.6. The van der Waals surface area contributed by atoms with E-state index in [4.69, 9.17) is 28.0 Å². The Bertz CT molecular complexity index is 2300. The molecular weight excluding hydrogens is 1040 g/mol. The van der Waals surface area contributed by atoms with Crippen LogP contribution in [0.1, 0.15) is 70.2 Å². The number of nitrogens with two attached hydrogens (primary N) is 4. The molecule has 9 amide bonds. The molecule has 0 radical (unpaired) electrons. The number of nitrogens with zero attached hydrogens (tertiary/aromatic N) is 3. The van der Waals surface area contributed by atoms with Gasteiger partial charge in [-0.1, -0.05) is 13.8 Å². The lowest BCUT2D eigenvalue weighted by atomic mass is 10.0. The molecule has 0 unspecified atom stereocenters. The number of carboxylic acids is 2. The molecule has 31 nitrogen and oxygen atoms in total. The molecule has 0 saturated heterocycles. The summed E-state index contributed by atoms with van der Waals surface area (Å²) in [5.74, 6) is -12.5. The predicted octanol–water partition coefficient (Wildman–Crippen LogP) is -6.71. The van der Waals surface area contributed by atoms with Crippen LogP contribution in [0.2, 0.25) is 0 Å². The Labute approximate surface area is 446 Å². The first-order valence-corrected chi connectivity index (χ1v) is 24.9. The summed E-state index contributed by atoms with van der Waals surface area (Å²) in [6, 6.07) is -13.5. The minimum atomic E-state index is -1.82. The van der Waals surface area contributed by atoms with Gasteiger partial charge in [-0.05, 0) is 38.0 Å². The minimum absolute atomic E-state index is 0.00776. The Balaban J connectivity index is 2.37. The SMILES string of the molecule is CC(C)C[C@H](NC(=O)[C@H](Cc1cnc[nH]1)NC(=O)[C@@H](N)CS)C(=O)N[C@@H](CCC(N)=O)C(=O)N[C@@H](Cc1cnc[nH]1)C(=O)N[C@@H](CO)C(=O)N[C@@H](CS)C(=O)N[C@@H](CCCN=C(N)N)C(=O)N[C@@H](CCC(=O)O)C(=O)O. The maximum atomic E-state index is 14.1. The van der Waals surface area contributed by atoms with Gasteiger partial charge in [-0.25, -0.2) is 14.8 Å². The van der Waals surface area contributed by atoms with Gasteiger partial charge < -0.3 is 90.8 Å². The molecule has 2 aromatic heterocycles. The van der Waals surface area contributed by atoms with Crippen molar-refractivity contribution in [1.29, 1.82) is 0 Å². The lowest BCUT2D eigenvalue weighted by Crippen LogP contribution is -2.61. The number of rotatable bonds is 36. The molecule has 0 aliphatic carbocycles. The number of aliphatic hydroxyl groups is 1. The number of aliphatic hydroxyl groups excluding tert-OH is 1. The topological polar surface area (TPSA) is 518 Å². The largest absolute Gasteiger partial charge is 0.481 e. The summed E-state index contributed by atoms with van der Waals surface area (Å²) < 4.78 is 0. The van der Waals surface area contributed by atoms with Gasteiger partial charge in [-0.2, -0.15) is 25.3 Å². The van der Waals surface area contributed by atoms with Gasteiger partial charge >= 0.3 is 11.9 Å². The predicted molar refractivity (Wildman–Crippen MR) is 275 cm³/mol. The standard InChI is InChI=1S/C43H69N17O14S2/c1-20(2)10-27(57-38(69)28(11-21-13-48-18-51-21)56-34(65)23(44)16-75)37(68)54-25(5-7-32(45)62)36(67)58-29(12-22-14-49-19-52-22)39(70)59-30(15-61)40(71)60-31(17-76)41(72)53-24(4-3-9-50-43(46)47)35(66)55-26(42(73)74)6-8-33(63)64/h13-14,18-20,23-31,61,75-76H,3-12,15-17,44H2,1-2H3,(H2,45,62)(H,48,51)(H,49,52)(H,53,72)(H,54,68)(H,55,66)(H,56,65)(H,57,69)(H,58,67)(H,59,70)(H,60,71)(H,63,64)(H,73,74)(H4,46,47,50)/t23-,24-,25-,26-,27-,28-,29-,30-,31-/m0/s1. The van der Waals surface area contributed by atoms with Crippen LogP contribution in [0, 0.1) is 5.92 Å². The summed E-state index contributed by atoms with van der Waals surface area (Å²) >= 11 is 8.16. The summed E-state index contributed by atoms with van der Waals surface area (Å²) in [6.45, 7) is 2.39. The number of carbonyl (C=O) groups is 11. The number of H-pyrrole nitrogens is 2. The fraction of sp³-hybridized carbons (Fsp3) is 0.581. The van der Waals surface area contributed by atoms with Crippen LogP contribution in [0.4, 0.5) is 0 Å². The number of carbonyl (C=O) groups excluding carboxylic acids is 9. The van der Waals surface area contributed by atoms with E-state index in [1.807, 2.05) is 0 Å². The second-order valence-electron chi connectivity index (χ2n) is 17.6. The number of carboxylic acid groups (broad SMARTS) is 2. The minimum Gasteiger partial charge on any atom is -0.481 e. The van der Waals surface area contributed by atoms with E-state index >= 15 is 0 Å². The molecule has 2 aromatic rings. The molecule has 0 bridgehead atoms. The number of amides is 9. The summed E-state index contributed by atoms with van der Waals surface area (Å²) in [5.41, 5.74) is 22.7. The van der Waals surface area contributed by atoms with Gasteiger partial charge in [0.2, 0.25) is 53.2 Å². The Morgan fingerprint density at radius 1 is 0.579 bits per heavy atom. The molecule has 422 valence electrons. The maximum absolute atomic E-state index is 14.1. The van der Waals surface area contributed by atoms with Gasteiger partial charge in [0.15, 0.2) is 5.96 Å². The zero-order chi connectivity index (χ0) is 57.1. The fourth-order valence-corrected chi connectivity index (χ4v) is 7.29. The van der Waals surface area contributed by atoms with Gasteiger partial charge in [-0.15, -0.1) is 0 Å². The Morgan fingerprint density at radius 3 is 1.45 bits per heavy atom. The molecule has 0 fully saturated rings. The van der Waals surface area contributed by atoms with E-state index in [-0.39, 0.29) is 62.0 Å². The van der Waals surface area contributed by atoms with Crippen molar-refractivity contribution < 1.29 is 68.1 Å². The van der Waals surface area contributed by atoms with E-state index in [1.54, 1.807) is 13.8 Å². The third-order valence-electron chi connectivity index (χ3n) is 10.9. The Morgan fingerprint density at radius 2 is 1.00 bits per heavy atom. The molecular formula is C43H69N17O14S2. The van der Waals surface area contributed by atoms with Gasteiger partial charge in [0.05, 0.1) is 25.3 Å². The second kappa shape index (κ2) is 33.4. The van der Waals surface area contributed by atoms with Crippen molar-refractivity contribution in [2.75, 3.05) is 24.7 Å². The van der Waals surface area contributed by atoms with Gasteiger partial charge in [-0.3, -0.25) is 52.9 Å². The molecule has 2 rings (SSSR count). The second-order valence-corrected chi connectivity index (χ2v) is 18.3. The molecule has 21 N–H and O–H groups in total. The highest BCUT2D eigenvalue weighted by Crippen LogP contribution is 2.11. The average Bonchev–Trinajstić information content (AvgIpc) is 4.09. The number of guanidine groups is 1. The third kappa shape index (κ3) is 23.8. The first-order valence-electron chi connectivity index (χ1n) is 23.6. The monoisotopic (exact) mass is 1110 g/mol. The third-order valence-corrected chi connectivity index (χ3v) is 11.6. The number of imidazole rings is 2. The average molecular weight is 1110 g/mol. The quantitative estimate of drug-likeness (QED) is 0.0131. The highest BCUT2D eigenvalue weighted by atomic mass is 32.1.